The predicted molar refractivity (Wildman–Crippen MR) is 127 cm³/mol. The standard InChI is InChI=1S/C25H33ClN2O4/c1-5-15-27-25(30)21(6-2)28(17-19-7-11-20(26)12-8-19)24(29)14-10-18-9-13-22(31-3)23(16-18)32-4/h7-9,11-13,16,21H,5-6,10,14-15,17H2,1-4H3,(H,27,30). The molecule has 0 saturated heterocycles. The molecule has 0 fully saturated rings. The number of rotatable bonds is 12. The maximum atomic E-state index is 13.3. The van der Waals surface area contributed by atoms with E-state index in [0.29, 0.717) is 42.5 Å². The molecule has 2 aromatic rings. The molecule has 2 amide bonds. The summed E-state index contributed by atoms with van der Waals surface area (Å²) >= 11 is 6.01. The Balaban J connectivity index is 2.20. The molecule has 32 heavy (non-hydrogen) atoms. The van der Waals surface area contributed by atoms with E-state index in [1.165, 1.54) is 0 Å². The fourth-order valence-electron chi connectivity index (χ4n) is 3.50. The van der Waals surface area contributed by atoms with Crippen LogP contribution in [0.25, 0.3) is 0 Å². The Kier molecular flexibility index (Phi) is 10.3. The number of carbonyl (C=O) groups is 2. The Labute approximate surface area is 195 Å². The third-order valence-electron chi connectivity index (χ3n) is 5.28. The quantitative estimate of drug-likeness (QED) is 0.501. The average molecular weight is 461 g/mol. The summed E-state index contributed by atoms with van der Waals surface area (Å²) in [7, 11) is 3.17. The lowest BCUT2D eigenvalue weighted by atomic mass is 10.1. The molecular formula is C25H33ClN2O4. The van der Waals surface area contributed by atoms with E-state index < -0.39 is 6.04 Å². The normalized spacial score (nSPS) is 11.5. The molecule has 0 aliphatic carbocycles. The third-order valence-corrected chi connectivity index (χ3v) is 5.53. The highest BCUT2D eigenvalue weighted by molar-refractivity contribution is 6.30. The van der Waals surface area contributed by atoms with E-state index in [4.69, 9.17) is 21.1 Å². The molecule has 0 aliphatic rings. The van der Waals surface area contributed by atoms with Crippen molar-refractivity contribution in [2.24, 2.45) is 0 Å². The topological polar surface area (TPSA) is 67.9 Å². The van der Waals surface area contributed by atoms with Gasteiger partial charge in [0, 0.05) is 24.5 Å². The van der Waals surface area contributed by atoms with Crippen LogP contribution in [-0.2, 0) is 22.6 Å². The molecule has 2 rings (SSSR count). The van der Waals surface area contributed by atoms with Gasteiger partial charge in [0.05, 0.1) is 14.2 Å². The monoisotopic (exact) mass is 460 g/mol. The summed E-state index contributed by atoms with van der Waals surface area (Å²) < 4.78 is 10.6. The molecule has 0 heterocycles. The zero-order valence-electron chi connectivity index (χ0n) is 19.3. The molecule has 6 nitrogen and oxygen atoms in total. The summed E-state index contributed by atoms with van der Waals surface area (Å²) in [5.41, 5.74) is 1.89. The molecule has 1 atom stereocenters. The maximum absolute atomic E-state index is 13.3. The van der Waals surface area contributed by atoms with Gasteiger partial charge in [-0.2, -0.15) is 0 Å². The van der Waals surface area contributed by atoms with Gasteiger partial charge in [0.15, 0.2) is 11.5 Å². The molecule has 0 bridgehead atoms. The Bertz CT molecular complexity index is 886. The fourth-order valence-corrected chi connectivity index (χ4v) is 3.63. The van der Waals surface area contributed by atoms with Crippen molar-refractivity contribution in [1.82, 2.24) is 10.2 Å². The minimum absolute atomic E-state index is 0.0757. The van der Waals surface area contributed by atoms with Crippen molar-refractivity contribution in [2.45, 2.75) is 52.1 Å². The predicted octanol–water partition coefficient (Wildman–Crippen LogP) is 4.62. The largest absolute Gasteiger partial charge is 0.493 e. The number of nitrogens with one attached hydrogen (secondary N) is 1. The summed E-state index contributed by atoms with van der Waals surface area (Å²) in [5.74, 6) is 1.07. The molecule has 0 spiro atoms. The first-order valence-electron chi connectivity index (χ1n) is 11.0. The highest BCUT2D eigenvalue weighted by atomic mass is 35.5. The average Bonchev–Trinajstić information content (AvgIpc) is 2.81. The summed E-state index contributed by atoms with van der Waals surface area (Å²) in [6.45, 7) is 4.86. The van der Waals surface area contributed by atoms with Crippen LogP contribution in [0, 0.1) is 0 Å². The first kappa shape index (κ1) is 25.5. The van der Waals surface area contributed by atoms with Crippen molar-refractivity contribution in [2.75, 3.05) is 20.8 Å². The van der Waals surface area contributed by atoms with E-state index in [2.05, 4.69) is 5.32 Å². The molecule has 0 radical (unpaired) electrons. The van der Waals surface area contributed by atoms with Crippen LogP contribution >= 0.6 is 11.6 Å². The van der Waals surface area contributed by atoms with Gasteiger partial charge >= 0.3 is 0 Å². The molecular weight excluding hydrogens is 428 g/mol. The van der Waals surface area contributed by atoms with Crippen molar-refractivity contribution in [3.63, 3.8) is 0 Å². The highest BCUT2D eigenvalue weighted by Gasteiger charge is 2.28. The number of carbonyl (C=O) groups excluding carboxylic acids is 2. The summed E-state index contributed by atoms with van der Waals surface area (Å²) in [5, 5.41) is 3.56. The number of ether oxygens (including phenoxy) is 2. The van der Waals surface area contributed by atoms with Crippen LogP contribution in [0.1, 0.15) is 44.2 Å². The Hall–Kier alpha value is -2.73. The number of nitrogens with zero attached hydrogens (tertiary/aromatic N) is 1. The number of amides is 2. The van der Waals surface area contributed by atoms with Gasteiger partial charge in [-0.15, -0.1) is 0 Å². The number of benzene rings is 2. The second-order valence-electron chi connectivity index (χ2n) is 7.55. The maximum Gasteiger partial charge on any atom is 0.242 e. The van der Waals surface area contributed by atoms with Crippen LogP contribution < -0.4 is 14.8 Å². The zero-order chi connectivity index (χ0) is 23.5. The molecule has 1 N–H and O–H groups in total. The first-order valence-corrected chi connectivity index (χ1v) is 11.3. The fraction of sp³-hybridized carbons (Fsp3) is 0.440. The number of methoxy groups -OCH3 is 2. The van der Waals surface area contributed by atoms with Crippen LogP contribution in [0.4, 0.5) is 0 Å². The third kappa shape index (κ3) is 7.16. The van der Waals surface area contributed by atoms with Gasteiger partial charge in [-0.1, -0.05) is 43.6 Å². The lowest BCUT2D eigenvalue weighted by Crippen LogP contribution is -2.49. The van der Waals surface area contributed by atoms with Crippen LogP contribution in [0.5, 0.6) is 11.5 Å². The van der Waals surface area contributed by atoms with Gasteiger partial charge in [0.25, 0.3) is 0 Å². The van der Waals surface area contributed by atoms with Crippen molar-refractivity contribution in [3.8, 4) is 11.5 Å². The van der Waals surface area contributed by atoms with Crippen LogP contribution in [0.2, 0.25) is 5.02 Å². The van der Waals surface area contributed by atoms with Gasteiger partial charge in [-0.25, -0.2) is 0 Å². The van der Waals surface area contributed by atoms with Crippen LogP contribution in [0.15, 0.2) is 42.5 Å². The summed E-state index contributed by atoms with van der Waals surface area (Å²) in [6.07, 6.45) is 2.18. The van der Waals surface area contributed by atoms with E-state index in [1.807, 2.05) is 44.2 Å². The van der Waals surface area contributed by atoms with Crippen molar-refractivity contribution >= 4 is 23.4 Å². The van der Waals surface area contributed by atoms with E-state index in [1.54, 1.807) is 31.3 Å². The van der Waals surface area contributed by atoms with Crippen molar-refractivity contribution < 1.29 is 19.1 Å². The Morgan fingerprint density at radius 2 is 1.66 bits per heavy atom. The minimum atomic E-state index is -0.532. The van der Waals surface area contributed by atoms with E-state index in [0.717, 1.165) is 17.5 Å². The lowest BCUT2D eigenvalue weighted by molar-refractivity contribution is -0.141. The van der Waals surface area contributed by atoms with Crippen molar-refractivity contribution in [3.05, 3.63) is 58.6 Å². The van der Waals surface area contributed by atoms with Gasteiger partial charge in [-0.05, 0) is 54.7 Å². The molecule has 1 unspecified atom stereocenters. The molecule has 174 valence electrons. The zero-order valence-corrected chi connectivity index (χ0v) is 20.1. The smallest absolute Gasteiger partial charge is 0.242 e. The van der Waals surface area contributed by atoms with Gasteiger partial charge in [0.1, 0.15) is 6.04 Å². The number of halogens is 1. The van der Waals surface area contributed by atoms with Crippen LogP contribution in [0.3, 0.4) is 0 Å². The number of aryl methyl sites for hydroxylation is 1. The summed E-state index contributed by atoms with van der Waals surface area (Å²) in [4.78, 5) is 27.8. The SMILES string of the molecule is CCCNC(=O)C(CC)N(Cc1ccc(Cl)cc1)C(=O)CCc1ccc(OC)c(OC)c1. The molecule has 2 aromatic carbocycles. The minimum Gasteiger partial charge on any atom is -0.493 e. The van der Waals surface area contributed by atoms with Crippen molar-refractivity contribution in [1.29, 1.82) is 0 Å². The van der Waals surface area contributed by atoms with Gasteiger partial charge in [0.2, 0.25) is 11.8 Å². The highest BCUT2D eigenvalue weighted by Crippen LogP contribution is 2.28. The second kappa shape index (κ2) is 13.0. The summed E-state index contributed by atoms with van der Waals surface area (Å²) in [6, 6.07) is 12.4. The Morgan fingerprint density at radius 3 is 2.25 bits per heavy atom. The van der Waals surface area contributed by atoms with E-state index in [9.17, 15) is 9.59 Å². The lowest BCUT2D eigenvalue weighted by Gasteiger charge is -2.31. The van der Waals surface area contributed by atoms with E-state index >= 15 is 0 Å². The van der Waals surface area contributed by atoms with E-state index in [-0.39, 0.29) is 18.2 Å². The number of hydrogen-bond acceptors (Lipinski definition) is 4. The van der Waals surface area contributed by atoms with Crippen LogP contribution in [-0.4, -0.2) is 43.5 Å². The first-order chi connectivity index (χ1) is 15.4. The second-order valence-corrected chi connectivity index (χ2v) is 7.99. The molecule has 0 aromatic heterocycles. The van der Waals surface area contributed by atoms with Gasteiger partial charge in [-0.3, -0.25) is 9.59 Å². The Morgan fingerprint density at radius 1 is 1.00 bits per heavy atom. The molecule has 7 heteroatoms. The molecule has 0 saturated carbocycles. The molecule has 0 aliphatic heterocycles. The van der Waals surface area contributed by atoms with Gasteiger partial charge < -0.3 is 19.7 Å². The number of hydrogen-bond donors (Lipinski definition) is 1.